The molecule has 0 amide bonds. The molecule has 0 saturated heterocycles. The summed E-state index contributed by atoms with van der Waals surface area (Å²) in [5.41, 5.74) is 2.17. The highest BCUT2D eigenvalue weighted by Crippen LogP contribution is 2.56. The minimum atomic E-state index is -2.30. The summed E-state index contributed by atoms with van der Waals surface area (Å²) in [6.45, 7) is 0. The molecule has 0 aliphatic carbocycles. The van der Waals surface area contributed by atoms with Crippen molar-refractivity contribution in [3.8, 4) is 16.2 Å². The SMILES string of the molecule is COC(=O)c1ccsc1-c1ccccc1[P+](CC=O)(c1ccccc1)c1ccccc1.O=C1Oc2cccc1c2.[Br-]. The number of benzene rings is 4. The summed E-state index contributed by atoms with van der Waals surface area (Å²) in [6, 6.07) is 37.4. The number of thiophene rings is 1. The molecule has 0 N–H and O–H groups in total. The normalized spacial score (nSPS) is 11.4. The van der Waals surface area contributed by atoms with Gasteiger partial charge in [0.05, 0.1) is 23.1 Å². The van der Waals surface area contributed by atoms with E-state index in [1.54, 1.807) is 30.3 Å². The first-order valence-electron chi connectivity index (χ1n) is 12.6. The van der Waals surface area contributed by atoms with Gasteiger partial charge in [0.2, 0.25) is 0 Å². The Kier molecular flexibility index (Phi) is 10.0. The van der Waals surface area contributed by atoms with Crippen molar-refractivity contribution < 1.29 is 40.8 Å². The van der Waals surface area contributed by atoms with Crippen LogP contribution in [0.2, 0.25) is 0 Å². The second kappa shape index (κ2) is 13.6. The van der Waals surface area contributed by atoms with Gasteiger partial charge < -0.3 is 26.5 Å². The molecule has 5 nitrogen and oxygen atoms in total. The third kappa shape index (κ3) is 6.08. The third-order valence-electron chi connectivity index (χ3n) is 6.65. The Labute approximate surface area is 253 Å². The highest BCUT2D eigenvalue weighted by molar-refractivity contribution is 7.96. The summed E-state index contributed by atoms with van der Waals surface area (Å²) < 4.78 is 9.77. The van der Waals surface area contributed by atoms with Gasteiger partial charge in [-0.15, -0.1) is 11.3 Å². The number of halogens is 1. The topological polar surface area (TPSA) is 69.7 Å². The maximum Gasteiger partial charge on any atom is 0.343 e. The molecule has 2 bridgehead atoms. The lowest BCUT2D eigenvalue weighted by atomic mass is 10.1. The largest absolute Gasteiger partial charge is 1.00 e. The highest BCUT2D eigenvalue weighted by atomic mass is 79.9. The summed E-state index contributed by atoms with van der Waals surface area (Å²) in [5.74, 6) is 0.0531. The second-order valence-electron chi connectivity index (χ2n) is 8.92. The van der Waals surface area contributed by atoms with Gasteiger partial charge in [-0.3, -0.25) is 4.79 Å². The fourth-order valence-corrected chi connectivity index (χ4v) is 9.85. The zero-order chi connectivity index (χ0) is 28.0. The molecule has 4 aromatic carbocycles. The predicted molar refractivity (Wildman–Crippen MR) is 162 cm³/mol. The Balaban J connectivity index is 0.000000327. The molecule has 0 unspecified atom stereocenters. The molecule has 206 valence electrons. The lowest BCUT2D eigenvalue weighted by molar-refractivity contribution is -0.105. The molecule has 1 aliphatic heterocycles. The maximum atomic E-state index is 12.4. The van der Waals surface area contributed by atoms with Crippen molar-refractivity contribution in [3.05, 3.63) is 132 Å². The fourth-order valence-electron chi connectivity index (χ4n) is 4.85. The molecule has 8 heteroatoms. The fraction of sp³-hybridized carbons (Fsp3) is 0.0606. The van der Waals surface area contributed by atoms with Crippen molar-refractivity contribution in [2.75, 3.05) is 13.3 Å². The molecule has 1 aromatic heterocycles. The lowest BCUT2D eigenvalue weighted by Crippen LogP contribution is -3.00. The van der Waals surface area contributed by atoms with E-state index in [2.05, 4.69) is 30.3 Å². The first-order chi connectivity index (χ1) is 19.6. The Bertz CT molecular complexity index is 1610. The standard InChI is InChI=1S/C26H22O3PS.C7H4O2.BrH/c1-29-26(28)23-16-19-31-25(23)22-14-8-9-15-24(22)30(18-17-27,20-10-4-2-5-11-20)21-12-6-3-7-13-21;8-7-5-2-1-3-6(4-5)9-7;/h2-17,19H,18H2,1H3;1-4H;1H/q+1;;/p-1. The van der Waals surface area contributed by atoms with Crippen molar-refractivity contribution in [2.45, 2.75) is 0 Å². The van der Waals surface area contributed by atoms with E-state index in [4.69, 9.17) is 9.47 Å². The molecular formula is C33H26BrO5PS. The van der Waals surface area contributed by atoms with Gasteiger partial charge >= 0.3 is 11.9 Å². The summed E-state index contributed by atoms with van der Waals surface area (Å²) in [7, 11) is -0.908. The van der Waals surface area contributed by atoms with E-state index >= 15 is 0 Å². The number of fused-ring (bicyclic) bond motifs is 2. The molecule has 6 rings (SSSR count). The third-order valence-corrected chi connectivity index (χ3v) is 11.9. The summed E-state index contributed by atoms with van der Waals surface area (Å²) in [6.07, 6.45) is 1.41. The first-order valence-corrected chi connectivity index (χ1v) is 15.4. The lowest BCUT2D eigenvalue weighted by Gasteiger charge is -2.27. The average molecular weight is 646 g/mol. The Morgan fingerprint density at radius 2 is 1.49 bits per heavy atom. The summed E-state index contributed by atoms with van der Waals surface area (Å²) in [5, 5.41) is 5.27. The molecule has 2 heterocycles. The number of hydrogen-bond donors (Lipinski definition) is 0. The number of carbonyl (C=O) groups excluding carboxylic acids is 3. The molecule has 1 aliphatic rings. The van der Waals surface area contributed by atoms with E-state index in [0.29, 0.717) is 23.0 Å². The summed E-state index contributed by atoms with van der Waals surface area (Å²) in [4.78, 5) is 36.1. The van der Waals surface area contributed by atoms with E-state index in [9.17, 15) is 14.4 Å². The van der Waals surface area contributed by atoms with E-state index in [-0.39, 0.29) is 28.9 Å². The van der Waals surface area contributed by atoms with E-state index in [0.717, 1.165) is 32.6 Å². The second-order valence-corrected chi connectivity index (χ2v) is 13.3. The number of aldehydes is 1. The molecule has 0 saturated carbocycles. The van der Waals surface area contributed by atoms with Crippen LogP contribution in [-0.2, 0) is 9.53 Å². The minimum Gasteiger partial charge on any atom is -1.00 e. The number of carbonyl (C=O) groups is 3. The number of ether oxygens (including phenoxy) is 2. The van der Waals surface area contributed by atoms with Gasteiger partial charge in [-0.05, 0) is 66.0 Å². The Morgan fingerprint density at radius 1 is 0.854 bits per heavy atom. The van der Waals surface area contributed by atoms with Crippen LogP contribution < -0.4 is 37.6 Å². The van der Waals surface area contributed by atoms with Crippen molar-refractivity contribution >= 4 is 52.7 Å². The van der Waals surface area contributed by atoms with Gasteiger partial charge in [-0.2, -0.15) is 0 Å². The Hall–Kier alpha value is -3.90. The summed E-state index contributed by atoms with van der Waals surface area (Å²) >= 11 is 1.51. The van der Waals surface area contributed by atoms with Crippen LogP contribution in [0.15, 0.2) is 121 Å². The van der Waals surface area contributed by atoms with Crippen molar-refractivity contribution in [2.24, 2.45) is 0 Å². The first kappa shape index (κ1) is 30.1. The van der Waals surface area contributed by atoms with Crippen LogP contribution >= 0.6 is 18.6 Å². The zero-order valence-corrected chi connectivity index (χ0v) is 25.4. The van der Waals surface area contributed by atoms with Gasteiger partial charge in [0.15, 0.2) is 6.29 Å². The van der Waals surface area contributed by atoms with Crippen molar-refractivity contribution in [3.63, 3.8) is 0 Å². The average Bonchev–Trinajstić information content (AvgIpc) is 3.60. The number of rotatable bonds is 7. The Morgan fingerprint density at radius 3 is 2.07 bits per heavy atom. The van der Waals surface area contributed by atoms with Crippen LogP contribution in [0.4, 0.5) is 0 Å². The van der Waals surface area contributed by atoms with Crippen molar-refractivity contribution in [1.29, 1.82) is 0 Å². The van der Waals surface area contributed by atoms with E-state index in [1.165, 1.54) is 18.4 Å². The molecule has 0 radical (unpaired) electrons. The zero-order valence-electron chi connectivity index (χ0n) is 22.1. The number of hydrogen-bond acceptors (Lipinski definition) is 6. The van der Waals surface area contributed by atoms with E-state index in [1.807, 2.05) is 60.0 Å². The minimum absolute atomic E-state index is 0. The molecule has 0 atom stereocenters. The highest BCUT2D eigenvalue weighted by Gasteiger charge is 2.47. The molecule has 0 fully saturated rings. The van der Waals surface area contributed by atoms with Crippen LogP contribution in [0.5, 0.6) is 5.75 Å². The molecule has 0 spiro atoms. The van der Waals surface area contributed by atoms with Gasteiger partial charge in [0.1, 0.15) is 35.1 Å². The molecular weight excluding hydrogens is 619 g/mol. The smallest absolute Gasteiger partial charge is 0.343 e. The quantitative estimate of drug-likeness (QED) is 0.155. The van der Waals surface area contributed by atoms with Gasteiger partial charge in [-0.1, -0.05) is 54.6 Å². The predicted octanol–water partition coefficient (Wildman–Crippen LogP) is 2.92. The van der Waals surface area contributed by atoms with E-state index < -0.39 is 7.26 Å². The van der Waals surface area contributed by atoms with Crippen LogP contribution in [0.1, 0.15) is 20.7 Å². The van der Waals surface area contributed by atoms with Crippen molar-refractivity contribution in [1.82, 2.24) is 0 Å². The molecule has 5 aromatic rings. The number of esters is 2. The maximum absolute atomic E-state index is 12.4. The van der Waals surface area contributed by atoms with Gasteiger partial charge in [0.25, 0.3) is 0 Å². The van der Waals surface area contributed by atoms with Crippen LogP contribution in [0, 0.1) is 0 Å². The van der Waals surface area contributed by atoms with Crippen LogP contribution in [0.3, 0.4) is 0 Å². The van der Waals surface area contributed by atoms with Crippen LogP contribution in [0.25, 0.3) is 10.4 Å². The van der Waals surface area contributed by atoms with Gasteiger partial charge in [0, 0.05) is 5.56 Å². The number of methoxy groups -OCH3 is 1. The van der Waals surface area contributed by atoms with Crippen LogP contribution in [-0.4, -0.2) is 31.5 Å². The monoisotopic (exact) mass is 644 g/mol. The van der Waals surface area contributed by atoms with Gasteiger partial charge in [-0.25, -0.2) is 9.59 Å². The molecule has 41 heavy (non-hydrogen) atoms.